The number of nitrogens with zero attached hydrogens (tertiary/aromatic N) is 1. The number of aromatic nitrogens is 1. The second-order valence-corrected chi connectivity index (χ2v) is 6.37. The second kappa shape index (κ2) is 4.77. The molecule has 0 bridgehead atoms. The molecule has 1 heterocycles. The van der Waals surface area contributed by atoms with E-state index in [-0.39, 0.29) is 5.97 Å². The fourth-order valence-corrected chi connectivity index (χ4v) is 3.35. The van der Waals surface area contributed by atoms with Crippen LogP contribution in [0.2, 0.25) is 0 Å². The number of rotatable bonds is 4. The smallest absolute Gasteiger partial charge is 0.367 e. The molecule has 4 heteroatoms. The van der Waals surface area contributed by atoms with Crippen molar-refractivity contribution in [2.45, 2.75) is 40.0 Å². The van der Waals surface area contributed by atoms with Gasteiger partial charge in [0.05, 0.1) is 12.3 Å². The van der Waals surface area contributed by atoms with E-state index in [2.05, 4.69) is 18.8 Å². The lowest BCUT2D eigenvalue weighted by Gasteiger charge is -2.42. The fraction of sp³-hybridized carbons (Fsp3) is 0.692. The number of thiazole rings is 1. The van der Waals surface area contributed by atoms with Crippen molar-refractivity contribution in [2.24, 2.45) is 11.3 Å². The van der Waals surface area contributed by atoms with E-state index in [4.69, 9.17) is 4.74 Å². The lowest BCUT2D eigenvalue weighted by atomic mass is 9.63. The van der Waals surface area contributed by atoms with Gasteiger partial charge in [0.15, 0.2) is 0 Å². The molecule has 1 aliphatic carbocycles. The van der Waals surface area contributed by atoms with Crippen LogP contribution in [0.25, 0.3) is 0 Å². The SMILES string of the molecule is CCOC(=O)c1nc(CC2CC(C)(C)C2)cs1. The van der Waals surface area contributed by atoms with Crippen LogP contribution in [0.3, 0.4) is 0 Å². The summed E-state index contributed by atoms with van der Waals surface area (Å²) >= 11 is 1.39. The van der Waals surface area contributed by atoms with Gasteiger partial charge >= 0.3 is 5.97 Å². The van der Waals surface area contributed by atoms with E-state index in [9.17, 15) is 4.79 Å². The first-order chi connectivity index (χ1) is 8.00. The standard InChI is InChI=1S/C13H19NO2S/c1-4-16-12(15)11-14-10(8-17-11)5-9-6-13(2,3)7-9/h8-9H,4-7H2,1-3H3. The van der Waals surface area contributed by atoms with E-state index >= 15 is 0 Å². The predicted molar refractivity (Wildman–Crippen MR) is 68.3 cm³/mol. The fourth-order valence-electron chi connectivity index (χ4n) is 2.63. The first kappa shape index (κ1) is 12.6. The maximum absolute atomic E-state index is 11.5. The second-order valence-electron chi connectivity index (χ2n) is 5.51. The van der Waals surface area contributed by atoms with E-state index in [1.165, 1.54) is 24.2 Å². The number of carbonyl (C=O) groups is 1. The van der Waals surface area contributed by atoms with Crippen LogP contribution in [0.5, 0.6) is 0 Å². The summed E-state index contributed by atoms with van der Waals surface area (Å²) in [7, 11) is 0. The summed E-state index contributed by atoms with van der Waals surface area (Å²) in [6, 6.07) is 0. The third-order valence-corrected chi connectivity index (χ3v) is 4.05. The molecule has 0 unspecified atom stereocenters. The van der Waals surface area contributed by atoms with E-state index in [0.717, 1.165) is 18.0 Å². The maximum Gasteiger partial charge on any atom is 0.367 e. The Labute approximate surface area is 106 Å². The lowest BCUT2D eigenvalue weighted by Crippen LogP contribution is -2.32. The van der Waals surface area contributed by atoms with Gasteiger partial charge in [0.1, 0.15) is 0 Å². The minimum absolute atomic E-state index is 0.294. The van der Waals surface area contributed by atoms with Crippen LogP contribution in [-0.2, 0) is 11.2 Å². The van der Waals surface area contributed by atoms with Crippen LogP contribution in [0.1, 0.15) is 49.1 Å². The van der Waals surface area contributed by atoms with E-state index in [1.54, 1.807) is 0 Å². The first-order valence-corrected chi connectivity index (χ1v) is 6.99. The van der Waals surface area contributed by atoms with Crippen molar-refractivity contribution in [3.8, 4) is 0 Å². The van der Waals surface area contributed by atoms with Crippen LogP contribution >= 0.6 is 11.3 Å². The molecule has 1 fully saturated rings. The Bertz CT molecular complexity index is 403. The molecule has 1 saturated carbocycles. The highest BCUT2D eigenvalue weighted by molar-refractivity contribution is 7.11. The van der Waals surface area contributed by atoms with Crippen molar-refractivity contribution < 1.29 is 9.53 Å². The Balaban J connectivity index is 1.89. The molecular weight excluding hydrogens is 234 g/mol. The Morgan fingerprint density at radius 1 is 1.59 bits per heavy atom. The van der Waals surface area contributed by atoms with Gasteiger partial charge in [-0.1, -0.05) is 13.8 Å². The Hall–Kier alpha value is -0.900. The third-order valence-electron chi connectivity index (χ3n) is 3.18. The summed E-state index contributed by atoms with van der Waals surface area (Å²) in [5.74, 6) is 0.444. The molecule has 0 atom stereocenters. The molecule has 0 radical (unpaired) electrons. The van der Waals surface area contributed by atoms with Crippen molar-refractivity contribution in [1.82, 2.24) is 4.98 Å². The topological polar surface area (TPSA) is 39.2 Å². The molecule has 1 aliphatic rings. The highest BCUT2D eigenvalue weighted by Crippen LogP contribution is 2.46. The lowest BCUT2D eigenvalue weighted by molar-refractivity contribution is 0.0525. The quantitative estimate of drug-likeness (QED) is 0.773. The summed E-state index contributed by atoms with van der Waals surface area (Å²) in [5, 5.41) is 2.47. The molecule has 94 valence electrons. The van der Waals surface area contributed by atoms with Gasteiger partial charge in [0, 0.05) is 5.38 Å². The number of carbonyl (C=O) groups excluding carboxylic acids is 1. The van der Waals surface area contributed by atoms with Gasteiger partial charge in [0.2, 0.25) is 5.01 Å². The van der Waals surface area contributed by atoms with Gasteiger partial charge in [-0.3, -0.25) is 0 Å². The zero-order chi connectivity index (χ0) is 12.5. The molecule has 0 N–H and O–H groups in total. The van der Waals surface area contributed by atoms with Crippen molar-refractivity contribution in [3.05, 3.63) is 16.1 Å². The van der Waals surface area contributed by atoms with Crippen molar-refractivity contribution in [1.29, 1.82) is 0 Å². The predicted octanol–water partition coefficient (Wildman–Crippen LogP) is 3.30. The molecule has 17 heavy (non-hydrogen) atoms. The molecule has 1 aromatic heterocycles. The monoisotopic (exact) mass is 253 g/mol. The Kier molecular flexibility index (Phi) is 3.52. The molecule has 0 amide bonds. The average molecular weight is 253 g/mol. The van der Waals surface area contributed by atoms with Crippen LogP contribution in [-0.4, -0.2) is 17.6 Å². The van der Waals surface area contributed by atoms with Crippen molar-refractivity contribution in [2.75, 3.05) is 6.61 Å². The van der Waals surface area contributed by atoms with Gasteiger partial charge in [0.25, 0.3) is 0 Å². The number of esters is 1. The maximum atomic E-state index is 11.5. The van der Waals surface area contributed by atoms with E-state index in [0.29, 0.717) is 17.0 Å². The third kappa shape index (κ3) is 3.06. The molecule has 0 aliphatic heterocycles. The van der Waals surface area contributed by atoms with Crippen LogP contribution < -0.4 is 0 Å². The summed E-state index contributed by atoms with van der Waals surface area (Å²) < 4.78 is 4.93. The largest absolute Gasteiger partial charge is 0.461 e. The van der Waals surface area contributed by atoms with Crippen LogP contribution in [0, 0.1) is 11.3 Å². The van der Waals surface area contributed by atoms with E-state index < -0.39 is 0 Å². The van der Waals surface area contributed by atoms with Crippen LogP contribution in [0.15, 0.2) is 5.38 Å². The normalized spacial score (nSPS) is 18.8. The van der Waals surface area contributed by atoms with Crippen LogP contribution in [0.4, 0.5) is 0 Å². The molecule has 0 spiro atoms. The number of hydrogen-bond acceptors (Lipinski definition) is 4. The molecule has 3 nitrogen and oxygen atoms in total. The van der Waals surface area contributed by atoms with Gasteiger partial charge in [-0.05, 0) is 37.5 Å². The Morgan fingerprint density at radius 2 is 2.29 bits per heavy atom. The van der Waals surface area contributed by atoms with Gasteiger partial charge in [-0.25, -0.2) is 9.78 Å². The van der Waals surface area contributed by atoms with Gasteiger partial charge in [-0.2, -0.15) is 0 Å². The highest BCUT2D eigenvalue weighted by atomic mass is 32.1. The summed E-state index contributed by atoms with van der Waals surface area (Å²) in [6.45, 7) is 6.82. The Morgan fingerprint density at radius 3 is 2.88 bits per heavy atom. The molecular formula is C13H19NO2S. The first-order valence-electron chi connectivity index (χ1n) is 6.12. The van der Waals surface area contributed by atoms with Gasteiger partial charge < -0.3 is 4.74 Å². The zero-order valence-electron chi connectivity index (χ0n) is 10.7. The highest BCUT2D eigenvalue weighted by Gasteiger charge is 2.36. The number of hydrogen-bond donors (Lipinski definition) is 0. The van der Waals surface area contributed by atoms with Crippen molar-refractivity contribution >= 4 is 17.3 Å². The molecule has 2 rings (SSSR count). The summed E-state index contributed by atoms with van der Waals surface area (Å²) in [6.07, 6.45) is 3.53. The number of ether oxygens (including phenoxy) is 1. The molecule has 0 saturated heterocycles. The zero-order valence-corrected chi connectivity index (χ0v) is 11.5. The van der Waals surface area contributed by atoms with Crippen molar-refractivity contribution in [3.63, 3.8) is 0 Å². The van der Waals surface area contributed by atoms with E-state index in [1.807, 2.05) is 12.3 Å². The average Bonchev–Trinajstić information content (AvgIpc) is 2.64. The minimum Gasteiger partial charge on any atom is -0.461 e. The molecule has 0 aromatic carbocycles. The molecule has 1 aromatic rings. The summed E-state index contributed by atoms with van der Waals surface area (Å²) in [4.78, 5) is 15.8. The minimum atomic E-state index is -0.294. The van der Waals surface area contributed by atoms with Gasteiger partial charge in [-0.15, -0.1) is 11.3 Å². The summed E-state index contributed by atoms with van der Waals surface area (Å²) in [5.41, 5.74) is 1.54.